The molecule has 7 heteroatoms. The minimum atomic E-state index is -4.85. The highest BCUT2D eigenvalue weighted by molar-refractivity contribution is 5.98. The van der Waals surface area contributed by atoms with Gasteiger partial charge in [0.15, 0.2) is 0 Å². The molecule has 0 bridgehead atoms. The Bertz CT molecular complexity index is 590. The summed E-state index contributed by atoms with van der Waals surface area (Å²) in [6.45, 7) is 1.57. The van der Waals surface area contributed by atoms with Crippen molar-refractivity contribution in [1.82, 2.24) is 0 Å². The van der Waals surface area contributed by atoms with Gasteiger partial charge in [0.05, 0.1) is 12.7 Å². The minimum absolute atomic E-state index is 0.0170. The second-order valence-electron chi connectivity index (χ2n) is 4.24. The van der Waals surface area contributed by atoms with Crippen LogP contribution in [0.4, 0.5) is 13.2 Å². The van der Waals surface area contributed by atoms with Crippen LogP contribution < -0.4 is 4.74 Å². The number of halogens is 3. The maximum Gasteiger partial charge on any atom is 0.430 e. The normalized spacial score (nSPS) is 18.4. The zero-order valence-corrected chi connectivity index (χ0v) is 10.6. The molecule has 0 fully saturated rings. The topological polar surface area (TPSA) is 55.8 Å². The Balaban J connectivity index is 2.74. The molecule has 1 aromatic rings. The third-order valence-electron chi connectivity index (χ3n) is 2.93. The number of para-hydroxylation sites is 1. The maximum atomic E-state index is 13.0. The van der Waals surface area contributed by atoms with E-state index >= 15 is 0 Å². The van der Waals surface area contributed by atoms with Crippen molar-refractivity contribution in [2.45, 2.75) is 19.2 Å². The van der Waals surface area contributed by atoms with Gasteiger partial charge in [0, 0.05) is 0 Å². The van der Waals surface area contributed by atoms with E-state index in [0.29, 0.717) is 5.56 Å². The number of aliphatic carboxylic acids is 1. The summed E-state index contributed by atoms with van der Waals surface area (Å²) in [6, 6.07) is 4.62. The number of rotatable bonds is 2. The van der Waals surface area contributed by atoms with Crippen LogP contribution in [0.15, 0.2) is 23.8 Å². The molecule has 0 saturated carbocycles. The molecule has 1 unspecified atom stereocenters. The molecule has 0 radical (unpaired) electrons. The highest BCUT2D eigenvalue weighted by atomic mass is 19.4. The van der Waals surface area contributed by atoms with Crippen LogP contribution in [0, 0.1) is 6.92 Å². The van der Waals surface area contributed by atoms with E-state index in [1.165, 1.54) is 6.07 Å². The number of carbonyl (C=O) groups is 1. The van der Waals surface area contributed by atoms with Crippen LogP contribution in [0.2, 0.25) is 0 Å². The molecule has 0 amide bonds. The lowest BCUT2D eigenvalue weighted by molar-refractivity contribution is -0.187. The highest BCUT2D eigenvalue weighted by Gasteiger charge is 2.51. The molecule has 1 heterocycles. The van der Waals surface area contributed by atoms with E-state index < -0.39 is 23.8 Å². The summed E-state index contributed by atoms with van der Waals surface area (Å²) < 4.78 is 48.8. The van der Waals surface area contributed by atoms with E-state index in [9.17, 15) is 18.0 Å². The molecule has 4 nitrogen and oxygen atoms in total. The molecular weight excluding hydrogens is 277 g/mol. The number of hydrogen-bond donors (Lipinski definition) is 1. The number of aryl methyl sites for hydroxylation is 1. The fourth-order valence-corrected chi connectivity index (χ4v) is 2.09. The fraction of sp³-hybridized carbons (Fsp3) is 0.308. The second-order valence-corrected chi connectivity index (χ2v) is 4.24. The van der Waals surface area contributed by atoms with Gasteiger partial charge in [-0.1, -0.05) is 12.1 Å². The Kier molecular flexibility index (Phi) is 3.37. The smallest absolute Gasteiger partial charge is 0.430 e. The van der Waals surface area contributed by atoms with Gasteiger partial charge in [0.2, 0.25) is 6.10 Å². The molecule has 0 saturated heterocycles. The van der Waals surface area contributed by atoms with Crippen molar-refractivity contribution in [3.8, 4) is 5.75 Å². The Hall–Kier alpha value is -2.18. The molecule has 1 aliphatic rings. The Morgan fingerprint density at radius 2 is 2.05 bits per heavy atom. The van der Waals surface area contributed by atoms with E-state index in [-0.39, 0.29) is 17.1 Å². The van der Waals surface area contributed by atoms with Crippen LogP contribution in [-0.4, -0.2) is 30.5 Å². The fourth-order valence-electron chi connectivity index (χ4n) is 2.09. The number of methoxy groups -OCH3 is 1. The molecule has 0 aromatic heterocycles. The largest absolute Gasteiger partial charge is 0.495 e. The third kappa shape index (κ3) is 2.19. The van der Waals surface area contributed by atoms with Gasteiger partial charge in [0.1, 0.15) is 17.1 Å². The van der Waals surface area contributed by atoms with Crippen LogP contribution in [0.1, 0.15) is 11.1 Å². The van der Waals surface area contributed by atoms with Crippen molar-refractivity contribution in [3.05, 3.63) is 34.9 Å². The highest BCUT2D eigenvalue weighted by Crippen LogP contribution is 2.43. The van der Waals surface area contributed by atoms with Crippen molar-refractivity contribution in [2.24, 2.45) is 0 Å². The first kappa shape index (κ1) is 14.2. The van der Waals surface area contributed by atoms with Gasteiger partial charge in [-0.05, 0) is 18.6 Å². The molecule has 1 N–H and O–H groups in total. The molecule has 0 spiro atoms. The Morgan fingerprint density at radius 3 is 2.55 bits per heavy atom. The van der Waals surface area contributed by atoms with E-state index in [1.807, 2.05) is 0 Å². The van der Waals surface area contributed by atoms with Crippen LogP contribution in [-0.2, 0) is 9.53 Å². The number of carboxylic acids is 1. The van der Waals surface area contributed by atoms with Crippen molar-refractivity contribution in [2.75, 3.05) is 7.11 Å². The van der Waals surface area contributed by atoms with Gasteiger partial charge >= 0.3 is 12.1 Å². The SMILES string of the molecule is COC1=C(C(=O)O)C(C(F)(F)F)Oc2c(C)cccc21. The number of carboxylic acid groups (broad SMARTS) is 1. The average Bonchev–Trinajstić information content (AvgIpc) is 2.35. The van der Waals surface area contributed by atoms with Gasteiger partial charge in [-0.2, -0.15) is 13.2 Å². The summed E-state index contributed by atoms with van der Waals surface area (Å²) >= 11 is 0. The summed E-state index contributed by atoms with van der Waals surface area (Å²) in [5, 5.41) is 9.05. The number of fused-ring (bicyclic) bond motifs is 1. The summed E-state index contributed by atoms with van der Waals surface area (Å²) in [7, 11) is 1.13. The number of benzene rings is 1. The average molecular weight is 288 g/mol. The Labute approximate surface area is 112 Å². The number of ether oxygens (including phenoxy) is 2. The standard InChI is InChI=1S/C13H11F3O4/c1-6-4-3-5-7-9(6)20-11(13(14,15)16)8(12(17)18)10(7)19-2/h3-5,11H,1-2H3,(H,17,18). The van der Waals surface area contributed by atoms with Gasteiger partial charge in [-0.3, -0.25) is 0 Å². The van der Waals surface area contributed by atoms with E-state index in [4.69, 9.17) is 14.6 Å². The Morgan fingerprint density at radius 1 is 1.40 bits per heavy atom. The van der Waals surface area contributed by atoms with Crippen LogP contribution in [0.3, 0.4) is 0 Å². The first-order valence-corrected chi connectivity index (χ1v) is 5.62. The maximum absolute atomic E-state index is 13.0. The van der Waals surface area contributed by atoms with E-state index in [1.54, 1.807) is 19.1 Å². The monoisotopic (exact) mass is 288 g/mol. The van der Waals surface area contributed by atoms with Crippen LogP contribution >= 0.6 is 0 Å². The van der Waals surface area contributed by atoms with Crippen molar-refractivity contribution < 1.29 is 32.5 Å². The lowest BCUT2D eigenvalue weighted by Crippen LogP contribution is -2.41. The molecule has 0 aliphatic carbocycles. The molecule has 2 rings (SSSR count). The lowest BCUT2D eigenvalue weighted by Gasteiger charge is -2.30. The molecular formula is C13H11F3O4. The summed E-state index contributed by atoms with van der Waals surface area (Å²) in [5.74, 6) is -2.07. The van der Waals surface area contributed by atoms with E-state index in [2.05, 4.69) is 0 Å². The zero-order chi connectivity index (χ0) is 15.1. The van der Waals surface area contributed by atoms with Crippen molar-refractivity contribution >= 4 is 11.7 Å². The first-order valence-electron chi connectivity index (χ1n) is 5.62. The third-order valence-corrected chi connectivity index (χ3v) is 2.93. The quantitative estimate of drug-likeness (QED) is 0.909. The minimum Gasteiger partial charge on any atom is -0.495 e. The summed E-state index contributed by atoms with van der Waals surface area (Å²) in [4.78, 5) is 11.2. The van der Waals surface area contributed by atoms with Crippen LogP contribution in [0.25, 0.3) is 5.76 Å². The number of alkyl halides is 3. The predicted octanol–water partition coefficient (Wildman–Crippen LogP) is 2.76. The van der Waals surface area contributed by atoms with Gasteiger partial charge < -0.3 is 14.6 Å². The van der Waals surface area contributed by atoms with Gasteiger partial charge in [-0.25, -0.2) is 4.79 Å². The van der Waals surface area contributed by atoms with E-state index in [0.717, 1.165) is 7.11 Å². The lowest BCUT2D eigenvalue weighted by atomic mass is 9.97. The van der Waals surface area contributed by atoms with Gasteiger partial charge in [0.25, 0.3) is 0 Å². The molecule has 108 valence electrons. The van der Waals surface area contributed by atoms with Crippen molar-refractivity contribution in [1.29, 1.82) is 0 Å². The molecule has 1 atom stereocenters. The van der Waals surface area contributed by atoms with Gasteiger partial charge in [-0.15, -0.1) is 0 Å². The zero-order valence-electron chi connectivity index (χ0n) is 10.6. The van der Waals surface area contributed by atoms with Crippen LogP contribution in [0.5, 0.6) is 5.75 Å². The number of hydrogen-bond acceptors (Lipinski definition) is 3. The first-order chi connectivity index (χ1) is 9.27. The molecule has 1 aliphatic heterocycles. The summed E-state index contributed by atoms with van der Waals surface area (Å²) in [6.07, 6.45) is -7.40. The molecule has 20 heavy (non-hydrogen) atoms. The second kappa shape index (κ2) is 4.73. The predicted molar refractivity (Wildman–Crippen MR) is 63.2 cm³/mol. The summed E-state index contributed by atoms with van der Waals surface area (Å²) in [5.41, 5.74) is -0.278. The molecule has 1 aromatic carbocycles. The van der Waals surface area contributed by atoms with Crippen molar-refractivity contribution in [3.63, 3.8) is 0 Å².